The van der Waals surface area contributed by atoms with Crippen LogP contribution in [0.4, 0.5) is 4.39 Å². The summed E-state index contributed by atoms with van der Waals surface area (Å²) in [5, 5.41) is 7.76. The summed E-state index contributed by atoms with van der Waals surface area (Å²) in [6, 6.07) is 23.4. The van der Waals surface area contributed by atoms with Gasteiger partial charge in [-0.15, -0.1) is 17.7 Å². The average Bonchev–Trinajstić information content (AvgIpc) is 3.01. The SMILES string of the molecule is CC#N.CC(=O)N(C)C.CC1CCCCC1.COCCOc1cc[c-]c(-c2cc(C(CN)c3ccccc3)ccc2Cl)c1F.[NH2-].[Y]. The number of rotatable bonds is 8. The molecular weight excluding hydrogens is 680 g/mol. The van der Waals surface area contributed by atoms with Crippen LogP contribution in [0.2, 0.25) is 5.02 Å². The first kappa shape index (κ1) is 45.7. The smallest absolute Gasteiger partial charge is 0.218 e. The van der Waals surface area contributed by atoms with Crippen molar-refractivity contribution in [2.45, 2.75) is 58.8 Å². The molecular formula is C36H50ClFN4O3Y-2. The number of nitriles is 1. The Bertz CT molecular complexity index is 1290. The number of nitrogens with zero attached hydrogens (tertiary/aromatic N) is 2. The maximum Gasteiger partial charge on any atom is 0.218 e. The van der Waals surface area contributed by atoms with Crippen LogP contribution in [0.1, 0.15) is 69.9 Å². The summed E-state index contributed by atoms with van der Waals surface area (Å²) < 4.78 is 25.4. The van der Waals surface area contributed by atoms with Gasteiger partial charge in [0.25, 0.3) is 0 Å². The molecule has 0 bridgehead atoms. The van der Waals surface area contributed by atoms with E-state index in [9.17, 15) is 4.79 Å². The van der Waals surface area contributed by atoms with Gasteiger partial charge in [0.1, 0.15) is 6.61 Å². The van der Waals surface area contributed by atoms with Gasteiger partial charge >= 0.3 is 0 Å². The summed E-state index contributed by atoms with van der Waals surface area (Å²) in [6.45, 7) is 6.38. The van der Waals surface area contributed by atoms with Gasteiger partial charge in [0.05, 0.1) is 24.2 Å². The van der Waals surface area contributed by atoms with Crippen LogP contribution in [0.5, 0.6) is 5.75 Å². The van der Waals surface area contributed by atoms with Gasteiger partial charge in [0, 0.05) is 85.2 Å². The molecule has 1 saturated carbocycles. The van der Waals surface area contributed by atoms with Gasteiger partial charge in [-0.3, -0.25) is 9.18 Å². The quantitative estimate of drug-likeness (QED) is 0.183. The summed E-state index contributed by atoms with van der Waals surface area (Å²) in [7, 11) is 5.01. The number of methoxy groups -OCH3 is 1. The van der Waals surface area contributed by atoms with Crippen LogP contribution in [-0.4, -0.2) is 51.8 Å². The molecule has 10 heteroatoms. The largest absolute Gasteiger partial charge is 0.693 e. The van der Waals surface area contributed by atoms with Crippen LogP contribution < -0.4 is 10.5 Å². The standard InChI is InChI=1S/C23H22ClFNO2.C7H14.C4H9NO.C2H3N.H2N.Y/c1-27-12-13-28-22-9-5-8-18(23(22)25)19-14-17(10-11-21(19)24)20(15-26)16-6-3-2-4-7-16;1-7-5-3-2-4-6-7;1-4(6)5(2)3;1-2-3;;/h2-7,9-11,14,20H,12-13,15,26H2,1H3;7H,2-6H2,1H3;1-3H3;1H3;1H2;/q-1;;;;-1;. The second-order valence-electron chi connectivity index (χ2n) is 10.7. The summed E-state index contributed by atoms with van der Waals surface area (Å²) >= 11 is 6.40. The van der Waals surface area contributed by atoms with Crippen LogP contribution in [0, 0.1) is 29.1 Å². The van der Waals surface area contributed by atoms with E-state index in [1.165, 1.54) is 50.9 Å². The van der Waals surface area contributed by atoms with Crippen molar-refractivity contribution in [2.24, 2.45) is 11.7 Å². The zero-order valence-corrected chi connectivity index (χ0v) is 31.8. The second-order valence-corrected chi connectivity index (χ2v) is 11.1. The molecule has 0 aromatic heterocycles. The molecule has 0 spiro atoms. The average molecular weight is 730 g/mol. The predicted molar refractivity (Wildman–Crippen MR) is 184 cm³/mol. The molecule has 1 fully saturated rings. The van der Waals surface area contributed by atoms with Crippen molar-refractivity contribution in [1.29, 1.82) is 5.26 Å². The Morgan fingerprint density at radius 3 is 2.17 bits per heavy atom. The van der Waals surface area contributed by atoms with Gasteiger partial charge < -0.3 is 26.3 Å². The molecule has 251 valence electrons. The molecule has 1 aliphatic rings. The molecule has 0 heterocycles. The fourth-order valence-electron chi connectivity index (χ4n) is 4.41. The normalized spacial score (nSPS) is 12.3. The molecule has 4 rings (SSSR count). The van der Waals surface area contributed by atoms with Crippen LogP contribution in [0.15, 0.2) is 60.7 Å². The Morgan fingerprint density at radius 2 is 1.70 bits per heavy atom. The molecule has 1 amide bonds. The monoisotopic (exact) mass is 729 g/mol. The molecule has 1 unspecified atom stereocenters. The minimum atomic E-state index is -0.498. The van der Waals surface area contributed by atoms with E-state index < -0.39 is 5.82 Å². The number of halogens is 2. The third-order valence-electron chi connectivity index (χ3n) is 7.07. The van der Waals surface area contributed by atoms with Crippen molar-refractivity contribution in [1.82, 2.24) is 4.90 Å². The Labute approximate surface area is 306 Å². The van der Waals surface area contributed by atoms with Crippen LogP contribution in [-0.2, 0) is 42.2 Å². The first-order valence-corrected chi connectivity index (χ1v) is 15.3. The Morgan fingerprint density at radius 1 is 1.11 bits per heavy atom. The molecule has 1 radical (unpaired) electrons. The fourth-order valence-corrected chi connectivity index (χ4v) is 4.62. The zero-order chi connectivity index (χ0) is 32.9. The molecule has 0 saturated heterocycles. The number of amides is 1. The minimum Gasteiger partial charge on any atom is -0.693 e. The van der Waals surface area contributed by atoms with Gasteiger partial charge in [-0.05, 0) is 17.0 Å². The third-order valence-corrected chi connectivity index (χ3v) is 7.40. The summed E-state index contributed by atoms with van der Waals surface area (Å²) in [4.78, 5) is 11.6. The van der Waals surface area contributed by atoms with Crippen molar-refractivity contribution in [3.8, 4) is 22.9 Å². The van der Waals surface area contributed by atoms with E-state index >= 15 is 4.39 Å². The number of benzene rings is 3. The van der Waals surface area contributed by atoms with Crippen LogP contribution >= 0.6 is 11.6 Å². The van der Waals surface area contributed by atoms with Crippen molar-refractivity contribution in [3.05, 3.63) is 94.8 Å². The number of ether oxygens (including phenoxy) is 2. The number of hydrogen-bond donors (Lipinski definition) is 1. The molecule has 1 atom stereocenters. The van der Waals surface area contributed by atoms with Crippen molar-refractivity contribution in [3.63, 3.8) is 0 Å². The first-order valence-electron chi connectivity index (χ1n) is 15.0. The van der Waals surface area contributed by atoms with Gasteiger partial charge in [-0.2, -0.15) is 5.26 Å². The topological polar surface area (TPSA) is 122 Å². The van der Waals surface area contributed by atoms with Gasteiger partial charge in [-0.25, -0.2) is 0 Å². The third kappa shape index (κ3) is 17.0. The van der Waals surface area contributed by atoms with E-state index in [4.69, 9.17) is 32.1 Å². The molecule has 0 aliphatic heterocycles. The Kier molecular flexibility index (Phi) is 26.5. The molecule has 4 N–H and O–H groups in total. The van der Waals surface area contributed by atoms with Crippen molar-refractivity contribution >= 4 is 17.5 Å². The van der Waals surface area contributed by atoms with Gasteiger partial charge in [-0.1, -0.05) is 111 Å². The van der Waals surface area contributed by atoms with E-state index in [1.807, 2.05) is 42.5 Å². The summed E-state index contributed by atoms with van der Waals surface area (Å²) in [5.41, 5.74) is 8.93. The first-order chi connectivity index (χ1) is 21.1. The Hall–Kier alpha value is -2.38. The van der Waals surface area contributed by atoms with E-state index in [0.29, 0.717) is 23.7 Å². The molecule has 3 aromatic rings. The van der Waals surface area contributed by atoms with Gasteiger partial charge in [0.15, 0.2) is 0 Å². The molecule has 46 heavy (non-hydrogen) atoms. The predicted octanol–water partition coefficient (Wildman–Crippen LogP) is 8.99. The van der Waals surface area contributed by atoms with Crippen molar-refractivity contribution < 1.29 is 51.4 Å². The van der Waals surface area contributed by atoms with E-state index in [1.54, 1.807) is 45.5 Å². The molecule has 1 aliphatic carbocycles. The number of carbonyl (C=O) groups excluding carboxylic acids is 1. The second kappa shape index (κ2) is 26.7. The number of nitrogens with two attached hydrogens (primary N) is 2. The zero-order valence-electron chi connectivity index (χ0n) is 28.2. The van der Waals surface area contributed by atoms with Crippen LogP contribution in [0.3, 0.4) is 0 Å². The maximum atomic E-state index is 15.0. The number of hydrogen-bond acceptors (Lipinski definition) is 5. The molecule has 3 aromatic carbocycles. The van der Waals surface area contributed by atoms with Crippen LogP contribution in [0.25, 0.3) is 17.3 Å². The van der Waals surface area contributed by atoms with E-state index in [2.05, 4.69) is 13.0 Å². The fraction of sp³-hybridized carbons (Fsp3) is 0.444. The van der Waals surface area contributed by atoms with Crippen molar-refractivity contribution in [2.75, 3.05) is 41.0 Å². The summed E-state index contributed by atoms with van der Waals surface area (Å²) in [6.07, 6.45) is 7.44. The Balaban J connectivity index is 0. The number of carbonyl (C=O) groups is 1. The van der Waals surface area contributed by atoms with E-state index in [-0.39, 0.29) is 68.6 Å². The summed E-state index contributed by atoms with van der Waals surface area (Å²) in [5.74, 6) is 0.762. The minimum absolute atomic E-state index is 0. The van der Waals surface area contributed by atoms with Gasteiger partial charge in [0.2, 0.25) is 5.91 Å². The van der Waals surface area contributed by atoms with E-state index in [0.717, 1.165) is 17.0 Å². The maximum absolute atomic E-state index is 15.0. The molecule has 7 nitrogen and oxygen atoms in total.